The lowest BCUT2D eigenvalue weighted by atomic mass is 10.1. The van der Waals surface area contributed by atoms with Crippen molar-refractivity contribution in [3.8, 4) is 0 Å². The second-order valence-corrected chi connectivity index (χ2v) is 8.17. The van der Waals surface area contributed by atoms with Gasteiger partial charge >= 0.3 is 0 Å². The summed E-state index contributed by atoms with van der Waals surface area (Å²) < 4.78 is 28.0. The highest BCUT2D eigenvalue weighted by atomic mass is 32.2. The molecule has 0 fully saturated rings. The van der Waals surface area contributed by atoms with E-state index in [0.29, 0.717) is 5.69 Å². The first kappa shape index (κ1) is 20.6. The molecule has 0 atom stereocenters. The van der Waals surface area contributed by atoms with Crippen molar-refractivity contribution in [3.63, 3.8) is 0 Å². The predicted octanol–water partition coefficient (Wildman–Crippen LogP) is 4.01. The molecular formula is C20H25N3O3S. The van der Waals surface area contributed by atoms with E-state index in [1.807, 2.05) is 39.8 Å². The van der Waals surface area contributed by atoms with E-state index in [0.717, 1.165) is 29.7 Å². The molecule has 0 aliphatic rings. The highest BCUT2D eigenvalue weighted by molar-refractivity contribution is 7.92. The summed E-state index contributed by atoms with van der Waals surface area (Å²) in [4.78, 5) is 12.3. The van der Waals surface area contributed by atoms with Gasteiger partial charge in [-0.05, 0) is 57.0 Å². The Hall–Kier alpha value is -2.67. The summed E-state index contributed by atoms with van der Waals surface area (Å²) in [5.74, 6) is -0.450. The van der Waals surface area contributed by atoms with Crippen molar-refractivity contribution in [1.82, 2.24) is 5.43 Å². The second kappa shape index (κ2) is 8.81. The summed E-state index contributed by atoms with van der Waals surface area (Å²) in [7, 11) is -3.81. The van der Waals surface area contributed by atoms with E-state index in [1.54, 1.807) is 12.1 Å². The number of carbonyl (C=O) groups is 1. The molecule has 7 heteroatoms. The van der Waals surface area contributed by atoms with Crippen LogP contribution in [0.3, 0.4) is 0 Å². The van der Waals surface area contributed by atoms with Gasteiger partial charge in [-0.3, -0.25) is 9.52 Å². The Morgan fingerprint density at radius 3 is 2.52 bits per heavy atom. The van der Waals surface area contributed by atoms with Crippen LogP contribution in [0.15, 0.2) is 52.5 Å². The van der Waals surface area contributed by atoms with Crippen LogP contribution >= 0.6 is 0 Å². The zero-order chi connectivity index (χ0) is 20.0. The third-order valence-corrected chi connectivity index (χ3v) is 5.36. The van der Waals surface area contributed by atoms with Crippen LogP contribution in [-0.4, -0.2) is 20.0 Å². The van der Waals surface area contributed by atoms with Crippen LogP contribution in [0.1, 0.15) is 48.2 Å². The Kier molecular flexibility index (Phi) is 6.74. The number of sulfonamides is 1. The monoisotopic (exact) mass is 387 g/mol. The van der Waals surface area contributed by atoms with E-state index in [2.05, 4.69) is 15.2 Å². The third-order valence-electron chi connectivity index (χ3n) is 3.99. The highest BCUT2D eigenvalue weighted by Crippen LogP contribution is 2.21. The fourth-order valence-electron chi connectivity index (χ4n) is 2.56. The first-order chi connectivity index (χ1) is 12.7. The number of carbonyl (C=O) groups excluding carboxylic acids is 1. The maximum Gasteiger partial charge on any atom is 0.271 e. The van der Waals surface area contributed by atoms with Gasteiger partial charge < -0.3 is 0 Å². The number of benzene rings is 2. The minimum Gasteiger partial charge on any atom is -0.279 e. The lowest BCUT2D eigenvalue weighted by Gasteiger charge is -2.12. The van der Waals surface area contributed by atoms with Crippen molar-refractivity contribution in [2.45, 2.75) is 45.4 Å². The summed E-state index contributed by atoms with van der Waals surface area (Å²) in [6.07, 6.45) is 1.72. The van der Waals surface area contributed by atoms with Gasteiger partial charge in [0, 0.05) is 11.3 Å². The van der Waals surface area contributed by atoms with Crippen LogP contribution in [-0.2, 0) is 10.0 Å². The van der Waals surface area contributed by atoms with Gasteiger partial charge in [0.05, 0.1) is 10.6 Å². The van der Waals surface area contributed by atoms with E-state index in [-0.39, 0.29) is 10.5 Å². The van der Waals surface area contributed by atoms with E-state index < -0.39 is 15.9 Å². The van der Waals surface area contributed by atoms with Gasteiger partial charge in [-0.2, -0.15) is 5.10 Å². The quantitative estimate of drug-likeness (QED) is 0.556. The zero-order valence-electron chi connectivity index (χ0n) is 16.0. The van der Waals surface area contributed by atoms with Crippen LogP contribution in [0.2, 0.25) is 0 Å². The van der Waals surface area contributed by atoms with Crippen LogP contribution < -0.4 is 10.1 Å². The number of aryl methyl sites for hydroxylation is 2. The van der Waals surface area contributed by atoms with Crippen LogP contribution in [0.4, 0.5) is 5.69 Å². The predicted molar refractivity (Wildman–Crippen MR) is 109 cm³/mol. The first-order valence-corrected chi connectivity index (χ1v) is 10.2. The minimum atomic E-state index is -3.81. The van der Waals surface area contributed by atoms with E-state index >= 15 is 0 Å². The van der Waals surface area contributed by atoms with E-state index in [1.165, 1.54) is 18.2 Å². The summed E-state index contributed by atoms with van der Waals surface area (Å²) in [5, 5.41) is 4.02. The summed E-state index contributed by atoms with van der Waals surface area (Å²) in [6, 6.07) is 11.3. The molecule has 144 valence electrons. The van der Waals surface area contributed by atoms with Gasteiger partial charge in [-0.15, -0.1) is 0 Å². The molecule has 2 N–H and O–H groups in total. The fraction of sp³-hybridized carbons (Fsp3) is 0.300. The van der Waals surface area contributed by atoms with Gasteiger partial charge in [-0.25, -0.2) is 13.8 Å². The van der Waals surface area contributed by atoms with Crippen LogP contribution in [0.25, 0.3) is 0 Å². The number of nitrogens with zero attached hydrogens (tertiary/aromatic N) is 1. The maximum atomic E-state index is 12.7. The molecule has 2 aromatic rings. The average Bonchev–Trinajstić information content (AvgIpc) is 2.62. The molecule has 0 aliphatic heterocycles. The number of rotatable bonds is 7. The molecule has 27 heavy (non-hydrogen) atoms. The van der Waals surface area contributed by atoms with Crippen LogP contribution in [0, 0.1) is 13.8 Å². The Bertz CT molecular complexity index is 966. The van der Waals surface area contributed by atoms with Gasteiger partial charge in [0.1, 0.15) is 0 Å². The molecular weight excluding hydrogens is 362 g/mol. The summed E-state index contributed by atoms with van der Waals surface area (Å²) >= 11 is 0. The molecule has 0 radical (unpaired) electrons. The van der Waals surface area contributed by atoms with Gasteiger partial charge in [0.2, 0.25) is 0 Å². The molecule has 0 aromatic heterocycles. The molecule has 0 unspecified atom stereocenters. The zero-order valence-corrected chi connectivity index (χ0v) is 16.9. The lowest BCUT2D eigenvalue weighted by Crippen LogP contribution is -2.20. The molecule has 2 rings (SSSR count). The standard InChI is InChI=1S/C20H25N3O3S/c1-5-7-16(4)21-22-20(24)17-8-6-9-18(13-17)27(25,26)23-19-11-10-14(2)12-15(19)3/h6,8-13,23H,5,7H2,1-4H3,(H,22,24)/b21-16-. The molecule has 0 bridgehead atoms. The van der Waals surface area contributed by atoms with E-state index in [9.17, 15) is 13.2 Å². The summed E-state index contributed by atoms with van der Waals surface area (Å²) in [6.45, 7) is 7.64. The lowest BCUT2D eigenvalue weighted by molar-refractivity contribution is 0.0954. The molecule has 1 amide bonds. The largest absolute Gasteiger partial charge is 0.279 e. The van der Waals surface area contributed by atoms with Crippen molar-refractivity contribution in [2.75, 3.05) is 4.72 Å². The van der Waals surface area contributed by atoms with Crippen molar-refractivity contribution < 1.29 is 13.2 Å². The van der Waals surface area contributed by atoms with Crippen molar-refractivity contribution >= 4 is 27.3 Å². The highest BCUT2D eigenvalue weighted by Gasteiger charge is 2.17. The van der Waals surface area contributed by atoms with Gasteiger partial charge in [0.15, 0.2) is 0 Å². The fourth-order valence-corrected chi connectivity index (χ4v) is 3.74. The number of nitrogens with one attached hydrogen (secondary N) is 2. The molecule has 0 saturated carbocycles. The normalized spacial score (nSPS) is 11.9. The Morgan fingerprint density at radius 1 is 1.11 bits per heavy atom. The topological polar surface area (TPSA) is 87.6 Å². The van der Waals surface area contributed by atoms with Crippen molar-refractivity contribution in [2.24, 2.45) is 5.10 Å². The van der Waals surface area contributed by atoms with Crippen LogP contribution in [0.5, 0.6) is 0 Å². The van der Waals surface area contributed by atoms with Crippen molar-refractivity contribution in [1.29, 1.82) is 0 Å². The SMILES string of the molecule is CCC/C(C)=N\NC(=O)c1cccc(S(=O)(=O)Nc2ccc(C)cc2C)c1. The number of hydrogen-bond acceptors (Lipinski definition) is 4. The molecule has 2 aromatic carbocycles. The second-order valence-electron chi connectivity index (χ2n) is 6.49. The molecule has 0 aliphatic carbocycles. The Balaban J connectivity index is 2.22. The molecule has 0 spiro atoms. The minimum absolute atomic E-state index is 0.0179. The Morgan fingerprint density at radius 2 is 1.85 bits per heavy atom. The average molecular weight is 388 g/mol. The van der Waals surface area contributed by atoms with Crippen molar-refractivity contribution in [3.05, 3.63) is 59.2 Å². The van der Waals surface area contributed by atoms with Gasteiger partial charge in [0.25, 0.3) is 15.9 Å². The first-order valence-electron chi connectivity index (χ1n) is 8.76. The molecule has 0 heterocycles. The van der Waals surface area contributed by atoms with E-state index in [4.69, 9.17) is 0 Å². The maximum absolute atomic E-state index is 12.7. The Labute approximate surface area is 160 Å². The molecule has 6 nitrogen and oxygen atoms in total. The number of hydrogen-bond donors (Lipinski definition) is 2. The van der Waals surface area contributed by atoms with Gasteiger partial charge in [-0.1, -0.05) is 37.1 Å². The number of hydrazone groups is 1. The number of amides is 1. The third kappa shape index (κ3) is 5.65. The number of anilines is 1. The molecule has 0 saturated heterocycles. The smallest absolute Gasteiger partial charge is 0.271 e. The summed E-state index contributed by atoms with van der Waals surface area (Å²) in [5.41, 5.74) is 5.89.